The molecule has 0 aromatic carbocycles. The summed E-state index contributed by atoms with van der Waals surface area (Å²) in [4.78, 5) is 15.9. The van der Waals surface area contributed by atoms with Crippen molar-refractivity contribution in [2.45, 2.75) is 18.9 Å². The average Bonchev–Trinajstić information content (AvgIpc) is 2.77. The van der Waals surface area contributed by atoms with Crippen LogP contribution in [0.25, 0.3) is 0 Å². The summed E-state index contributed by atoms with van der Waals surface area (Å²) in [6, 6.07) is 1.20. The lowest BCUT2D eigenvalue weighted by atomic mass is 10.1. The van der Waals surface area contributed by atoms with E-state index in [9.17, 15) is 15.2 Å². The summed E-state index contributed by atoms with van der Waals surface area (Å²) < 4.78 is 0. The second-order valence-corrected chi connectivity index (χ2v) is 4.98. The first-order valence-electron chi connectivity index (χ1n) is 5.94. The third-order valence-electron chi connectivity index (χ3n) is 3.20. The van der Waals surface area contributed by atoms with Crippen LogP contribution in [0.3, 0.4) is 0 Å². The minimum atomic E-state index is -0.855. The first-order valence-corrected chi connectivity index (χ1v) is 5.94. The second kappa shape index (κ2) is 4.93. The van der Waals surface area contributed by atoms with Crippen molar-refractivity contribution >= 4 is 17.3 Å². The van der Waals surface area contributed by atoms with E-state index >= 15 is 0 Å². The normalized spacial score (nSPS) is 23.1. The minimum absolute atomic E-state index is 0.166. The van der Waals surface area contributed by atoms with Crippen molar-refractivity contribution in [3.8, 4) is 0 Å². The highest BCUT2D eigenvalue weighted by atomic mass is 16.6. The quantitative estimate of drug-likeness (QED) is 0.234. The number of aromatic nitrogens is 1. The molecule has 4 N–H and O–H groups in total. The fraction of sp³-hybridized carbons (Fsp3) is 0.455. The largest absolute Gasteiger partial charge is 0.409 e. The molecule has 1 unspecified atom stereocenters. The molecule has 1 aromatic heterocycles. The number of β-amino-alcohol motifs (C(OH)–C–C–N with tert-alkyl or cyclic N) is 1. The van der Waals surface area contributed by atoms with E-state index in [1.54, 1.807) is 11.8 Å². The molecular formula is C11H15N5O4. The maximum absolute atomic E-state index is 10.8. The van der Waals surface area contributed by atoms with Crippen LogP contribution in [0.5, 0.6) is 0 Å². The number of nitrogens with two attached hydrogens (primary N) is 1. The lowest BCUT2D eigenvalue weighted by Crippen LogP contribution is -2.31. The Balaban J connectivity index is 2.45. The van der Waals surface area contributed by atoms with Crippen molar-refractivity contribution in [1.82, 2.24) is 4.98 Å². The van der Waals surface area contributed by atoms with Crippen molar-refractivity contribution in [1.29, 1.82) is 0 Å². The topological polar surface area (TPSA) is 138 Å². The van der Waals surface area contributed by atoms with Crippen LogP contribution in [0.4, 0.5) is 11.5 Å². The van der Waals surface area contributed by atoms with Crippen molar-refractivity contribution < 1.29 is 15.2 Å². The number of nitrogens with zero attached hydrogens (tertiary/aromatic N) is 4. The predicted molar refractivity (Wildman–Crippen MR) is 70.9 cm³/mol. The summed E-state index contributed by atoms with van der Waals surface area (Å²) in [6.45, 7) is 2.55. The molecule has 0 bridgehead atoms. The van der Waals surface area contributed by atoms with Crippen molar-refractivity contribution in [3.63, 3.8) is 0 Å². The zero-order chi connectivity index (χ0) is 14.9. The highest BCUT2D eigenvalue weighted by Crippen LogP contribution is 2.29. The number of oxime groups is 1. The standard InChI is InChI=1S/C11H15N5O4/c1-11(17)2-3-15(6-11)10-8(9(12)14-18)4-7(5-13-10)16(19)20/h4-5,17-18H,2-3,6H2,1H3,(H2,12,14). The first kappa shape index (κ1) is 14.0. The van der Waals surface area contributed by atoms with Crippen molar-refractivity contribution in [2.24, 2.45) is 10.9 Å². The lowest BCUT2D eigenvalue weighted by Gasteiger charge is -2.21. The third-order valence-corrected chi connectivity index (χ3v) is 3.20. The van der Waals surface area contributed by atoms with Crippen LogP contribution in [0.15, 0.2) is 17.4 Å². The van der Waals surface area contributed by atoms with E-state index in [0.29, 0.717) is 25.3 Å². The summed E-state index contributed by atoms with van der Waals surface area (Å²) in [5.41, 5.74) is 4.61. The molecule has 1 aromatic rings. The number of amidine groups is 1. The van der Waals surface area contributed by atoms with Crippen LogP contribution in [-0.2, 0) is 0 Å². The molecule has 1 fully saturated rings. The number of anilines is 1. The Labute approximate surface area is 114 Å². The Bertz CT molecular complexity index is 572. The number of aliphatic hydroxyl groups is 1. The first-order chi connectivity index (χ1) is 9.34. The summed E-state index contributed by atoms with van der Waals surface area (Å²) in [5, 5.41) is 32.4. The van der Waals surface area contributed by atoms with Gasteiger partial charge in [-0.05, 0) is 13.3 Å². The van der Waals surface area contributed by atoms with Gasteiger partial charge in [0.25, 0.3) is 5.69 Å². The summed E-state index contributed by atoms with van der Waals surface area (Å²) >= 11 is 0. The fourth-order valence-corrected chi connectivity index (χ4v) is 2.17. The van der Waals surface area contributed by atoms with Crippen LogP contribution in [0.2, 0.25) is 0 Å². The van der Waals surface area contributed by atoms with E-state index in [1.807, 2.05) is 0 Å². The summed E-state index contributed by atoms with van der Waals surface area (Å²) in [5.74, 6) is 0.0893. The molecule has 1 atom stereocenters. The zero-order valence-electron chi connectivity index (χ0n) is 10.9. The number of pyridine rings is 1. The van der Waals surface area contributed by atoms with Crippen LogP contribution < -0.4 is 10.6 Å². The zero-order valence-corrected chi connectivity index (χ0v) is 10.9. The molecule has 1 aliphatic rings. The van der Waals surface area contributed by atoms with Gasteiger partial charge in [0.2, 0.25) is 0 Å². The minimum Gasteiger partial charge on any atom is -0.409 e. The van der Waals surface area contributed by atoms with Gasteiger partial charge in [-0.3, -0.25) is 10.1 Å². The van der Waals surface area contributed by atoms with Gasteiger partial charge < -0.3 is 20.9 Å². The summed E-state index contributed by atoms with van der Waals surface area (Å²) in [6.07, 6.45) is 1.65. The molecule has 2 heterocycles. The van der Waals surface area contributed by atoms with Crippen LogP contribution in [0.1, 0.15) is 18.9 Å². The van der Waals surface area contributed by atoms with Gasteiger partial charge in [-0.15, -0.1) is 0 Å². The van der Waals surface area contributed by atoms with E-state index in [1.165, 1.54) is 6.07 Å². The SMILES string of the molecule is CC1(O)CCN(c2ncc([N+](=O)[O-])cc2C(N)=NO)C1. The maximum atomic E-state index is 10.8. The Morgan fingerprint density at radius 1 is 1.70 bits per heavy atom. The van der Waals surface area contributed by atoms with Gasteiger partial charge in [0.15, 0.2) is 5.84 Å². The van der Waals surface area contributed by atoms with E-state index in [-0.39, 0.29) is 17.1 Å². The van der Waals surface area contributed by atoms with E-state index in [0.717, 1.165) is 6.20 Å². The maximum Gasteiger partial charge on any atom is 0.288 e. The molecule has 1 aliphatic heterocycles. The Kier molecular flexibility index (Phi) is 3.45. The third kappa shape index (κ3) is 2.62. The molecule has 9 nitrogen and oxygen atoms in total. The number of rotatable bonds is 3. The number of hydrogen-bond acceptors (Lipinski definition) is 7. The van der Waals surface area contributed by atoms with Crippen LogP contribution in [-0.4, -0.2) is 44.7 Å². The van der Waals surface area contributed by atoms with Gasteiger partial charge in [0.05, 0.1) is 16.1 Å². The number of hydrogen-bond donors (Lipinski definition) is 3. The van der Waals surface area contributed by atoms with Crippen LogP contribution in [0, 0.1) is 10.1 Å². The highest BCUT2D eigenvalue weighted by molar-refractivity contribution is 6.02. The number of nitro groups is 1. The molecule has 1 saturated heterocycles. The predicted octanol–water partition coefficient (Wildman–Crippen LogP) is 0.0454. The van der Waals surface area contributed by atoms with Gasteiger partial charge in [0, 0.05) is 19.2 Å². The molecule has 0 spiro atoms. The molecule has 0 saturated carbocycles. The van der Waals surface area contributed by atoms with Gasteiger partial charge in [-0.2, -0.15) is 0 Å². The molecule has 0 aliphatic carbocycles. The van der Waals surface area contributed by atoms with E-state index in [2.05, 4.69) is 10.1 Å². The molecule has 20 heavy (non-hydrogen) atoms. The monoisotopic (exact) mass is 281 g/mol. The molecule has 9 heteroatoms. The van der Waals surface area contributed by atoms with Crippen LogP contribution >= 0.6 is 0 Å². The fourth-order valence-electron chi connectivity index (χ4n) is 2.17. The van der Waals surface area contributed by atoms with E-state index in [4.69, 9.17) is 10.9 Å². The Morgan fingerprint density at radius 2 is 2.40 bits per heavy atom. The summed E-state index contributed by atoms with van der Waals surface area (Å²) in [7, 11) is 0. The molecule has 0 radical (unpaired) electrons. The highest BCUT2D eigenvalue weighted by Gasteiger charge is 2.33. The average molecular weight is 281 g/mol. The Morgan fingerprint density at radius 3 is 2.90 bits per heavy atom. The smallest absolute Gasteiger partial charge is 0.288 e. The van der Waals surface area contributed by atoms with E-state index < -0.39 is 10.5 Å². The van der Waals surface area contributed by atoms with Crippen molar-refractivity contribution in [2.75, 3.05) is 18.0 Å². The molecular weight excluding hydrogens is 266 g/mol. The molecule has 2 rings (SSSR count). The second-order valence-electron chi connectivity index (χ2n) is 4.98. The molecule has 108 valence electrons. The van der Waals surface area contributed by atoms with Gasteiger partial charge >= 0.3 is 0 Å². The van der Waals surface area contributed by atoms with Gasteiger partial charge in [-0.1, -0.05) is 5.16 Å². The van der Waals surface area contributed by atoms with Gasteiger partial charge in [0.1, 0.15) is 12.0 Å². The molecule has 0 amide bonds. The van der Waals surface area contributed by atoms with Crippen molar-refractivity contribution in [3.05, 3.63) is 27.9 Å². The lowest BCUT2D eigenvalue weighted by molar-refractivity contribution is -0.385. The Hall–Kier alpha value is -2.42. The van der Waals surface area contributed by atoms with Gasteiger partial charge in [-0.25, -0.2) is 4.98 Å².